The summed E-state index contributed by atoms with van der Waals surface area (Å²) in [5.41, 5.74) is 7.27. The van der Waals surface area contributed by atoms with Crippen molar-refractivity contribution in [3.8, 4) is 0 Å². The van der Waals surface area contributed by atoms with Gasteiger partial charge in [0.1, 0.15) is 17.7 Å². The maximum Gasteiger partial charge on any atom is 0.411 e. The van der Waals surface area contributed by atoms with E-state index in [0.717, 1.165) is 50.8 Å². The molecular formula is C26H38N4O4. The van der Waals surface area contributed by atoms with Crippen molar-refractivity contribution < 1.29 is 19.1 Å². The van der Waals surface area contributed by atoms with Gasteiger partial charge in [0.25, 0.3) is 0 Å². The molecule has 186 valence electrons. The van der Waals surface area contributed by atoms with Crippen molar-refractivity contribution in [3.05, 3.63) is 35.4 Å². The highest BCUT2D eigenvalue weighted by Crippen LogP contribution is 2.43. The van der Waals surface area contributed by atoms with Gasteiger partial charge in [-0.25, -0.2) is 4.79 Å². The van der Waals surface area contributed by atoms with E-state index in [9.17, 15) is 14.4 Å². The van der Waals surface area contributed by atoms with Crippen molar-refractivity contribution in [2.45, 2.75) is 88.9 Å². The SMILES string of the molecule is CC(C)(C)OC(=O)N1C2CCC(C2)C1C(=O)NC(Cc1ccc(C2CCNCC2)cc1)C(N)=O. The van der Waals surface area contributed by atoms with Gasteiger partial charge < -0.3 is 21.1 Å². The number of amides is 3. The van der Waals surface area contributed by atoms with Gasteiger partial charge in [0.2, 0.25) is 11.8 Å². The van der Waals surface area contributed by atoms with Crippen LogP contribution in [0.2, 0.25) is 0 Å². The molecule has 4 N–H and O–H groups in total. The summed E-state index contributed by atoms with van der Waals surface area (Å²) in [7, 11) is 0. The first kappa shape index (κ1) is 24.5. The van der Waals surface area contributed by atoms with Gasteiger partial charge in [0.05, 0.1) is 0 Å². The van der Waals surface area contributed by atoms with Crippen molar-refractivity contribution in [1.29, 1.82) is 0 Å². The molecule has 2 saturated heterocycles. The fourth-order valence-corrected chi connectivity index (χ4v) is 5.70. The Labute approximate surface area is 202 Å². The molecule has 4 atom stereocenters. The number of carbonyl (C=O) groups excluding carboxylic acids is 3. The average molecular weight is 471 g/mol. The van der Waals surface area contributed by atoms with Crippen LogP contribution >= 0.6 is 0 Å². The minimum atomic E-state index is -0.836. The van der Waals surface area contributed by atoms with Crippen LogP contribution in [0.25, 0.3) is 0 Å². The number of likely N-dealkylation sites (tertiary alicyclic amines) is 1. The Morgan fingerprint density at radius 2 is 1.79 bits per heavy atom. The summed E-state index contributed by atoms with van der Waals surface area (Å²) < 4.78 is 5.58. The molecule has 1 aromatic rings. The molecule has 4 unspecified atom stereocenters. The van der Waals surface area contributed by atoms with Crippen LogP contribution < -0.4 is 16.4 Å². The van der Waals surface area contributed by atoms with Gasteiger partial charge >= 0.3 is 6.09 Å². The number of nitrogens with zero attached hydrogens (tertiary/aromatic N) is 1. The highest BCUT2D eigenvalue weighted by Gasteiger charge is 2.52. The zero-order chi connectivity index (χ0) is 24.5. The summed E-state index contributed by atoms with van der Waals surface area (Å²) in [4.78, 5) is 40.0. The second kappa shape index (κ2) is 9.94. The van der Waals surface area contributed by atoms with Gasteiger partial charge in [0.15, 0.2) is 0 Å². The first-order valence-electron chi connectivity index (χ1n) is 12.5. The van der Waals surface area contributed by atoms with Gasteiger partial charge in [-0.2, -0.15) is 0 Å². The summed E-state index contributed by atoms with van der Waals surface area (Å²) >= 11 is 0. The number of ether oxygens (including phenoxy) is 1. The van der Waals surface area contributed by atoms with Crippen LogP contribution in [0.1, 0.15) is 69.9 Å². The third kappa shape index (κ3) is 5.54. The minimum absolute atomic E-state index is 0.00478. The van der Waals surface area contributed by atoms with Gasteiger partial charge in [-0.15, -0.1) is 0 Å². The summed E-state index contributed by atoms with van der Waals surface area (Å²) in [5, 5.41) is 6.23. The van der Waals surface area contributed by atoms with Crippen LogP contribution in [0.4, 0.5) is 4.79 Å². The number of fused-ring (bicyclic) bond motifs is 2. The third-order valence-electron chi connectivity index (χ3n) is 7.35. The lowest BCUT2D eigenvalue weighted by Gasteiger charge is -2.36. The maximum absolute atomic E-state index is 13.3. The highest BCUT2D eigenvalue weighted by atomic mass is 16.6. The fraction of sp³-hybridized carbons (Fsp3) is 0.654. The second-order valence-electron chi connectivity index (χ2n) is 11.0. The predicted molar refractivity (Wildman–Crippen MR) is 129 cm³/mol. The second-order valence-corrected chi connectivity index (χ2v) is 11.0. The number of benzene rings is 1. The normalized spacial score (nSPS) is 25.7. The number of piperidine rings is 2. The first-order chi connectivity index (χ1) is 16.1. The molecule has 8 nitrogen and oxygen atoms in total. The number of carbonyl (C=O) groups is 3. The molecule has 3 amide bonds. The van der Waals surface area contributed by atoms with Crippen molar-refractivity contribution >= 4 is 17.9 Å². The van der Waals surface area contributed by atoms with Crippen molar-refractivity contribution in [2.24, 2.45) is 11.7 Å². The molecule has 2 bridgehead atoms. The van der Waals surface area contributed by atoms with Gasteiger partial charge in [-0.1, -0.05) is 24.3 Å². The molecule has 2 aliphatic heterocycles. The molecule has 0 spiro atoms. The van der Waals surface area contributed by atoms with Crippen LogP contribution in [0.15, 0.2) is 24.3 Å². The summed E-state index contributed by atoms with van der Waals surface area (Å²) in [6.07, 6.45) is 4.65. The van der Waals surface area contributed by atoms with Crippen molar-refractivity contribution in [3.63, 3.8) is 0 Å². The van der Waals surface area contributed by atoms with Crippen LogP contribution in [-0.2, 0) is 20.7 Å². The summed E-state index contributed by atoms with van der Waals surface area (Å²) in [5.74, 6) is -0.273. The van der Waals surface area contributed by atoms with Crippen LogP contribution in [0.5, 0.6) is 0 Å². The Morgan fingerprint density at radius 1 is 1.12 bits per heavy atom. The summed E-state index contributed by atoms with van der Waals surface area (Å²) in [6.45, 7) is 7.51. The Hall–Kier alpha value is -2.61. The van der Waals surface area contributed by atoms with Crippen LogP contribution in [-0.4, -0.2) is 59.6 Å². The minimum Gasteiger partial charge on any atom is -0.444 e. The third-order valence-corrected chi connectivity index (χ3v) is 7.35. The Bertz CT molecular complexity index is 904. The van der Waals surface area contributed by atoms with Gasteiger partial charge in [0, 0.05) is 12.5 Å². The number of nitrogens with two attached hydrogens (primary N) is 1. The van der Waals surface area contributed by atoms with E-state index in [1.165, 1.54) is 5.56 Å². The van der Waals surface area contributed by atoms with Gasteiger partial charge in [-0.05, 0) is 88.9 Å². The lowest BCUT2D eigenvalue weighted by molar-refractivity contribution is -0.132. The summed E-state index contributed by atoms with van der Waals surface area (Å²) in [6, 6.07) is 6.81. The van der Waals surface area contributed by atoms with E-state index in [4.69, 9.17) is 10.5 Å². The molecule has 0 aromatic heterocycles. The molecule has 8 heteroatoms. The molecule has 34 heavy (non-hydrogen) atoms. The van der Waals surface area contributed by atoms with Crippen molar-refractivity contribution in [2.75, 3.05) is 13.1 Å². The van der Waals surface area contributed by atoms with E-state index in [1.807, 2.05) is 32.9 Å². The first-order valence-corrected chi connectivity index (χ1v) is 12.5. The van der Waals surface area contributed by atoms with E-state index in [2.05, 4.69) is 22.8 Å². The fourth-order valence-electron chi connectivity index (χ4n) is 5.70. The molecule has 1 saturated carbocycles. The van der Waals surface area contributed by atoms with E-state index in [0.29, 0.717) is 12.3 Å². The molecule has 1 aliphatic carbocycles. The average Bonchev–Trinajstić information content (AvgIpc) is 3.40. The zero-order valence-electron chi connectivity index (χ0n) is 20.5. The molecule has 3 fully saturated rings. The van der Waals surface area contributed by atoms with Gasteiger partial charge in [-0.3, -0.25) is 14.5 Å². The maximum atomic E-state index is 13.3. The number of hydrogen-bond acceptors (Lipinski definition) is 5. The largest absolute Gasteiger partial charge is 0.444 e. The monoisotopic (exact) mass is 470 g/mol. The number of rotatable bonds is 6. The smallest absolute Gasteiger partial charge is 0.411 e. The van der Waals surface area contributed by atoms with E-state index in [1.54, 1.807) is 4.90 Å². The van der Waals surface area contributed by atoms with Crippen LogP contribution in [0, 0.1) is 5.92 Å². The standard InChI is InChI=1S/C26H38N4O4/c1-26(2,3)34-25(33)30-20-9-8-19(15-20)22(30)24(32)29-21(23(27)31)14-16-4-6-17(7-5-16)18-10-12-28-13-11-18/h4-7,18-22,28H,8-15H2,1-3H3,(H2,27,31)(H,29,32). The molecule has 4 rings (SSSR count). The van der Waals surface area contributed by atoms with E-state index < -0.39 is 29.7 Å². The van der Waals surface area contributed by atoms with Crippen LogP contribution in [0.3, 0.4) is 0 Å². The predicted octanol–water partition coefficient (Wildman–Crippen LogP) is 2.45. The zero-order valence-corrected chi connectivity index (χ0v) is 20.5. The topological polar surface area (TPSA) is 114 Å². The highest BCUT2D eigenvalue weighted by molar-refractivity contribution is 5.91. The van der Waals surface area contributed by atoms with E-state index >= 15 is 0 Å². The molecule has 1 aromatic carbocycles. The molecule has 2 heterocycles. The molecule has 3 aliphatic rings. The molecule has 0 radical (unpaired) electrons. The lowest BCUT2D eigenvalue weighted by atomic mass is 9.89. The van der Waals surface area contributed by atoms with Crippen molar-refractivity contribution in [1.82, 2.24) is 15.5 Å². The Morgan fingerprint density at radius 3 is 2.41 bits per heavy atom. The molecular weight excluding hydrogens is 432 g/mol. The number of nitrogens with one attached hydrogen (secondary N) is 2. The number of primary amides is 1. The Kier molecular flexibility index (Phi) is 7.17. The number of hydrogen-bond donors (Lipinski definition) is 3. The quantitative estimate of drug-likeness (QED) is 0.591. The lowest BCUT2D eigenvalue weighted by Crippen LogP contribution is -2.57. The van der Waals surface area contributed by atoms with E-state index in [-0.39, 0.29) is 17.9 Å². The Balaban J connectivity index is 1.42.